The Bertz CT molecular complexity index is 856. The Hall–Kier alpha value is -2.73. The van der Waals surface area contributed by atoms with Gasteiger partial charge in [-0.15, -0.1) is 0 Å². The van der Waals surface area contributed by atoms with Gasteiger partial charge in [-0.2, -0.15) is 5.10 Å². The van der Waals surface area contributed by atoms with Crippen molar-refractivity contribution in [2.45, 2.75) is 38.9 Å². The number of nitrogens with one attached hydrogen (secondary N) is 1. The maximum atomic E-state index is 4.62. The molecule has 1 aliphatic heterocycles. The van der Waals surface area contributed by atoms with Crippen LogP contribution in [0.1, 0.15) is 23.6 Å². The van der Waals surface area contributed by atoms with Gasteiger partial charge in [-0.05, 0) is 37.1 Å². The SMILES string of the molecule is Cc1nc2n(n1)CC(NCc1ccc(N(C)c3ccccc3)nc1)CC2. The third-order valence-electron chi connectivity index (χ3n) is 4.86. The smallest absolute Gasteiger partial charge is 0.147 e. The fourth-order valence-electron chi connectivity index (χ4n) is 3.37. The molecule has 0 aliphatic carbocycles. The Morgan fingerprint density at radius 1 is 1.19 bits per heavy atom. The fraction of sp³-hybridized carbons (Fsp3) is 0.350. The molecule has 6 nitrogen and oxygen atoms in total. The first-order valence-corrected chi connectivity index (χ1v) is 9.06. The number of pyridine rings is 1. The summed E-state index contributed by atoms with van der Waals surface area (Å²) in [4.78, 5) is 11.2. The molecule has 0 radical (unpaired) electrons. The molecule has 134 valence electrons. The van der Waals surface area contributed by atoms with Crippen LogP contribution < -0.4 is 10.2 Å². The second kappa shape index (κ2) is 7.25. The molecule has 0 bridgehead atoms. The maximum Gasteiger partial charge on any atom is 0.147 e. The first-order valence-electron chi connectivity index (χ1n) is 9.06. The average molecular weight is 348 g/mol. The van der Waals surface area contributed by atoms with Gasteiger partial charge in [-0.1, -0.05) is 24.3 Å². The van der Waals surface area contributed by atoms with Crippen LogP contribution in [0, 0.1) is 6.92 Å². The minimum atomic E-state index is 0.426. The molecule has 6 heteroatoms. The monoisotopic (exact) mass is 348 g/mol. The minimum absolute atomic E-state index is 0.426. The quantitative estimate of drug-likeness (QED) is 0.768. The highest BCUT2D eigenvalue weighted by Gasteiger charge is 2.20. The zero-order chi connectivity index (χ0) is 17.9. The van der Waals surface area contributed by atoms with Crippen molar-refractivity contribution in [2.75, 3.05) is 11.9 Å². The molecule has 3 heterocycles. The highest BCUT2D eigenvalue weighted by atomic mass is 15.4. The Kier molecular flexibility index (Phi) is 4.67. The number of anilines is 2. The fourth-order valence-corrected chi connectivity index (χ4v) is 3.37. The number of fused-ring (bicyclic) bond motifs is 1. The Balaban J connectivity index is 1.35. The lowest BCUT2D eigenvalue weighted by Gasteiger charge is -2.24. The van der Waals surface area contributed by atoms with E-state index in [0.29, 0.717) is 6.04 Å². The summed E-state index contributed by atoms with van der Waals surface area (Å²) in [6.45, 7) is 3.65. The number of aromatic nitrogens is 4. The van der Waals surface area contributed by atoms with E-state index in [1.54, 1.807) is 0 Å². The van der Waals surface area contributed by atoms with Crippen LogP contribution >= 0.6 is 0 Å². The zero-order valence-electron chi connectivity index (χ0n) is 15.3. The van der Waals surface area contributed by atoms with Crippen LogP contribution in [0.25, 0.3) is 0 Å². The van der Waals surface area contributed by atoms with Gasteiger partial charge in [-0.3, -0.25) is 0 Å². The summed E-state index contributed by atoms with van der Waals surface area (Å²) in [6, 6.07) is 14.9. The number of aryl methyl sites for hydroxylation is 2. The molecule has 1 unspecified atom stereocenters. The normalized spacial score (nSPS) is 16.3. The largest absolute Gasteiger partial charge is 0.329 e. The molecule has 1 atom stereocenters. The molecule has 0 fully saturated rings. The van der Waals surface area contributed by atoms with Crippen molar-refractivity contribution in [2.24, 2.45) is 0 Å². The molecule has 0 saturated carbocycles. The first kappa shape index (κ1) is 16.7. The standard InChI is InChI=1S/C20H24N6/c1-15-23-20-11-9-17(14-26(20)24-15)21-12-16-8-10-19(22-13-16)25(2)18-6-4-3-5-7-18/h3-8,10,13,17,21H,9,11-12,14H2,1-2H3. The Morgan fingerprint density at radius 3 is 2.81 bits per heavy atom. The zero-order valence-corrected chi connectivity index (χ0v) is 15.3. The second-order valence-corrected chi connectivity index (χ2v) is 6.79. The predicted molar refractivity (Wildman–Crippen MR) is 102 cm³/mol. The average Bonchev–Trinajstić information content (AvgIpc) is 3.06. The maximum absolute atomic E-state index is 4.62. The molecule has 2 aromatic heterocycles. The number of nitrogens with zero attached hydrogens (tertiary/aromatic N) is 5. The van der Waals surface area contributed by atoms with Crippen molar-refractivity contribution >= 4 is 11.5 Å². The summed E-state index contributed by atoms with van der Waals surface area (Å²) in [5.41, 5.74) is 2.32. The third kappa shape index (κ3) is 3.60. The van der Waals surface area contributed by atoms with E-state index in [1.165, 1.54) is 5.56 Å². The molecule has 0 spiro atoms. The van der Waals surface area contributed by atoms with Gasteiger partial charge in [0.25, 0.3) is 0 Å². The summed E-state index contributed by atoms with van der Waals surface area (Å²) >= 11 is 0. The molecule has 1 N–H and O–H groups in total. The van der Waals surface area contributed by atoms with Gasteiger partial charge in [0.1, 0.15) is 17.5 Å². The summed E-state index contributed by atoms with van der Waals surface area (Å²) < 4.78 is 2.03. The molecule has 1 aromatic carbocycles. The van der Waals surface area contributed by atoms with Gasteiger partial charge in [0.15, 0.2) is 0 Å². The first-order chi connectivity index (χ1) is 12.7. The van der Waals surface area contributed by atoms with E-state index < -0.39 is 0 Å². The van der Waals surface area contributed by atoms with E-state index in [-0.39, 0.29) is 0 Å². The Morgan fingerprint density at radius 2 is 2.04 bits per heavy atom. The lowest BCUT2D eigenvalue weighted by Crippen LogP contribution is -2.37. The van der Waals surface area contributed by atoms with Crippen molar-refractivity contribution in [3.8, 4) is 0 Å². The van der Waals surface area contributed by atoms with Crippen molar-refractivity contribution in [1.82, 2.24) is 25.1 Å². The predicted octanol–water partition coefficient (Wildman–Crippen LogP) is 2.85. The van der Waals surface area contributed by atoms with Crippen LogP contribution in [0.3, 0.4) is 0 Å². The molecule has 4 rings (SSSR count). The van der Waals surface area contributed by atoms with Crippen LogP contribution in [0.15, 0.2) is 48.7 Å². The van der Waals surface area contributed by atoms with Crippen LogP contribution in [0.2, 0.25) is 0 Å². The number of para-hydroxylation sites is 1. The number of hydrogen-bond acceptors (Lipinski definition) is 5. The van der Waals surface area contributed by atoms with E-state index in [9.17, 15) is 0 Å². The molecule has 0 saturated heterocycles. The van der Waals surface area contributed by atoms with E-state index in [0.717, 1.165) is 49.1 Å². The molecule has 1 aliphatic rings. The van der Waals surface area contributed by atoms with Crippen molar-refractivity contribution in [3.05, 3.63) is 65.9 Å². The van der Waals surface area contributed by atoms with Crippen molar-refractivity contribution < 1.29 is 0 Å². The molecule has 3 aromatic rings. The number of rotatable bonds is 5. The molecular weight excluding hydrogens is 324 g/mol. The van der Waals surface area contributed by atoms with Gasteiger partial charge < -0.3 is 10.2 Å². The summed E-state index contributed by atoms with van der Waals surface area (Å²) in [5, 5.41) is 8.09. The van der Waals surface area contributed by atoms with E-state index >= 15 is 0 Å². The van der Waals surface area contributed by atoms with Crippen molar-refractivity contribution in [3.63, 3.8) is 0 Å². The van der Waals surface area contributed by atoms with E-state index in [1.807, 2.05) is 43.0 Å². The number of hydrogen-bond donors (Lipinski definition) is 1. The van der Waals surface area contributed by atoms with E-state index in [2.05, 4.69) is 49.5 Å². The molecule has 0 amide bonds. The lowest BCUT2D eigenvalue weighted by atomic mass is 10.1. The van der Waals surface area contributed by atoms with Gasteiger partial charge in [0.05, 0.1) is 6.54 Å². The van der Waals surface area contributed by atoms with Crippen LogP contribution in [-0.2, 0) is 19.5 Å². The summed E-state index contributed by atoms with van der Waals surface area (Å²) in [5.74, 6) is 2.92. The highest BCUT2D eigenvalue weighted by molar-refractivity contribution is 5.58. The lowest BCUT2D eigenvalue weighted by molar-refractivity contribution is 0.357. The Labute approximate surface area is 153 Å². The molecule has 26 heavy (non-hydrogen) atoms. The van der Waals surface area contributed by atoms with Crippen molar-refractivity contribution in [1.29, 1.82) is 0 Å². The highest BCUT2D eigenvalue weighted by Crippen LogP contribution is 2.21. The van der Waals surface area contributed by atoms with Gasteiger partial charge in [0, 0.05) is 37.9 Å². The third-order valence-corrected chi connectivity index (χ3v) is 4.86. The summed E-state index contributed by atoms with van der Waals surface area (Å²) in [7, 11) is 2.04. The van der Waals surface area contributed by atoms with Crippen LogP contribution in [0.5, 0.6) is 0 Å². The summed E-state index contributed by atoms with van der Waals surface area (Å²) in [6.07, 6.45) is 4.04. The molecular formula is C20H24N6. The van der Waals surface area contributed by atoms with Gasteiger partial charge in [0.2, 0.25) is 0 Å². The van der Waals surface area contributed by atoms with Crippen LogP contribution in [0.4, 0.5) is 11.5 Å². The van der Waals surface area contributed by atoms with E-state index in [4.69, 9.17) is 0 Å². The topological polar surface area (TPSA) is 58.9 Å². The number of benzene rings is 1. The van der Waals surface area contributed by atoms with Gasteiger partial charge >= 0.3 is 0 Å². The minimum Gasteiger partial charge on any atom is -0.329 e. The van der Waals surface area contributed by atoms with Crippen LogP contribution in [-0.4, -0.2) is 32.8 Å². The van der Waals surface area contributed by atoms with Gasteiger partial charge in [-0.25, -0.2) is 14.6 Å². The second-order valence-electron chi connectivity index (χ2n) is 6.79.